The first-order chi connectivity index (χ1) is 20.0. The van der Waals surface area contributed by atoms with Crippen LogP contribution in [0.2, 0.25) is 0 Å². The lowest BCUT2D eigenvalue weighted by molar-refractivity contribution is -0.692. The van der Waals surface area contributed by atoms with Crippen molar-refractivity contribution in [3.63, 3.8) is 0 Å². The van der Waals surface area contributed by atoms with Crippen molar-refractivity contribution in [1.29, 1.82) is 0 Å². The zero-order valence-corrected chi connectivity index (χ0v) is 28.9. The van der Waals surface area contributed by atoms with Crippen LogP contribution in [-0.4, -0.2) is 51.2 Å². The Balaban J connectivity index is 0.0000168. The van der Waals surface area contributed by atoms with Gasteiger partial charge < -0.3 is 48.2 Å². The standard InChI is InChI=1S/C31H54N2O7S.HI/c1-3-4-5-6-7-8-9-10-11-12-13-14-15-16-17-18-21-32-30(35)39-26-28(40-31(36)37-2)25-38-29(34)20-19-22-33-23-24-41-27-33;/h23-24,27-28H,3-22,25-26H2,1-2H3;1H/t28-;/m0./s1. The number of esters is 1. The number of nitrogens with zero attached hydrogens (tertiary/aromatic N) is 1. The smallest absolute Gasteiger partial charge is 0.508 e. The Morgan fingerprint density at radius 3 is 1.86 bits per heavy atom. The molecule has 0 saturated carbocycles. The van der Waals surface area contributed by atoms with E-state index in [1.807, 2.05) is 21.7 Å². The van der Waals surface area contributed by atoms with Gasteiger partial charge in [-0.3, -0.25) is 4.79 Å². The van der Waals surface area contributed by atoms with Crippen LogP contribution in [0.3, 0.4) is 0 Å². The van der Waals surface area contributed by atoms with Gasteiger partial charge in [0.1, 0.15) is 19.8 Å². The molecular formula is C31H55IN2O7S. The molecule has 0 aliphatic rings. The molecule has 1 amide bonds. The van der Waals surface area contributed by atoms with Crippen molar-refractivity contribution in [3.05, 3.63) is 17.1 Å². The van der Waals surface area contributed by atoms with Crippen LogP contribution >= 0.6 is 11.3 Å². The summed E-state index contributed by atoms with van der Waals surface area (Å²) in [6, 6.07) is 0. The molecule has 0 saturated heterocycles. The number of methoxy groups -OCH3 is 1. The molecule has 1 heterocycles. The molecule has 11 heteroatoms. The quantitative estimate of drug-likeness (QED) is 0.0493. The first-order valence-corrected chi connectivity index (χ1v) is 16.7. The average Bonchev–Trinajstić information content (AvgIpc) is 3.49. The van der Waals surface area contributed by atoms with E-state index in [-0.39, 0.29) is 43.6 Å². The summed E-state index contributed by atoms with van der Waals surface area (Å²) in [6.45, 7) is 3.05. The van der Waals surface area contributed by atoms with E-state index in [9.17, 15) is 14.4 Å². The lowest BCUT2D eigenvalue weighted by Crippen LogP contribution is -3.00. The summed E-state index contributed by atoms with van der Waals surface area (Å²) in [6.07, 6.45) is 21.1. The highest BCUT2D eigenvalue weighted by Crippen LogP contribution is 2.13. The second-order valence-electron chi connectivity index (χ2n) is 10.6. The number of alkyl carbamates (subject to hydrolysis) is 1. The molecule has 0 aromatic carbocycles. The van der Waals surface area contributed by atoms with Gasteiger partial charge in [0.05, 0.1) is 18.9 Å². The number of halogens is 1. The highest BCUT2D eigenvalue weighted by Gasteiger charge is 2.20. The van der Waals surface area contributed by atoms with E-state index in [0.717, 1.165) is 12.8 Å². The van der Waals surface area contributed by atoms with E-state index in [1.54, 1.807) is 11.3 Å². The number of amides is 1. The van der Waals surface area contributed by atoms with Gasteiger partial charge in [0.25, 0.3) is 0 Å². The van der Waals surface area contributed by atoms with E-state index in [2.05, 4.69) is 17.0 Å². The minimum absolute atomic E-state index is 0. The van der Waals surface area contributed by atoms with Gasteiger partial charge in [0.2, 0.25) is 5.51 Å². The molecule has 1 N–H and O–H groups in total. The van der Waals surface area contributed by atoms with Gasteiger partial charge in [0.15, 0.2) is 12.3 Å². The molecule has 1 rings (SSSR count). The number of rotatable bonds is 26. The fourth-order valence-corrected chi connectivity index (χ4v) is 5.07. The number of carbonyl (C=O) groups excluding carboxylic acids is 3. The van der Waals surface area contributed by atoms with Crippen LogP contribution in [0.5, 0.6) is 0 Å². The van der Waals surface area contributed by atoms with Gasteiger partial charge in [-0.15, -0.1) is 0 Å². The number of unbranched alkanes of at least 4 members (excludes halogenated alkanes) is 15. The zero-order chi connectivity index (χ0) is 29.8. The number of ether oxygens (including phenoxy) is 4. The van der Waals surface area contributed by atoms with E-state index in [1.165, 1.54) is 97.0 Å². The summed E-state index contributed by atoms with van der Waals surface area (Å²) in [5.41, 5.74) is 1.97. The number of nitrogens with one attached hydrogen (secondary N) is 1. The third kappa shape index (κ3) is 24.9. The Morgan fingerprint density at radius 1 is 0.786 bits per heavy atom. The Hall–Kier alpha value is -1.63. The van der Waals surface area contributed by atoms with Gasteiger partial charge >= 0.3 is 18.2 Å². The molecule has 0 unspecified atom stereocenters. The Kier molecular flexibility index (Phi) is 28.3. The molecule has 0 fully saturated rings. The molecule has 9 nitrogen and oxygen atoms in total. The van der Waals surface area contributed by atoms with Crippen molar-refractivity contribution >= 4 is 29.6 Å². The number of hydrogen-bond donors (Lipinski definition) is 1. The first kappa shape index (κ1) is 40.4. The fourth-order valence-electron chi connectivity index (χ4n) is 4.44. The molecule has 1 aromatic rings. The average molecular weight is 727 g/mol. The number of hydrogen-bond acceptors (Lipinski definition) is 8. The molecule has 1 atom stereocenters. The number of thiazole rings is 1. The van der Waals surface area contributed by atoms with Crippen LogP contribution in [0.4, 0.5) is 9.59 Å². The van der Waals surface area contributed by atoms with Crippen molar-refractivity contribution in [1.82, 2.24) is 5.32 Å². The second kappa shape index (κ2) is 29.4. The van der Waals surface area contributed by atoms with E-state index >= 15 is 0 Å². The predicted molar refractivity (Wildman–Crippen MR) is 161 cm³/mol. The summed E-state index contributed by atoms with van der Waals surface area (Å²) in [5.74, 6) is -0.410. The minimum Gasteiger partial charge on any atom is -1.00 e. The molecule has 0 bridgehead atoms. The van der Waals surface area contributed by atoms with Crippen LogP contribution in [0, 0.1) is 0 Å². The van der Waals surface area contributed by atoms with Gasteiger partial charge in [-0.25, -0.2) is 9.59 Å². The number of aromatic nitrogens is 1. The molecule has 0 aliphatic heterocycles. The van der Waals surface area contributed by atoms with Gasteiger partial charge in [0, 0.05) is 13.0 Å². The SMILES string of the molecule is CCCCCCCCCCCCCCCCCCNC(=O)OC[C@H](COC(=O)CCC[n+]1ccsc1)OC(=O)OC.[I-]. The predicted octanol–water partition coefficient (Wildman–Crippen LogP) is 4.50. The lowest BCUT2D eigenvalue weighted by atomic mass is 10.0. The first-order valence-electron chi connectivity index (χ1n) is 15.8. The molecule has 244 valence electrons. The van der Waals surface area contributed by atoms with Crippen molar-refractivity contribution in [2.24, 2.45) is 0 Å². The van der Waals surface area contributed by atoms with Crippen molar-refractivity contribution in [3.8, 4) is 0 Å². The summed E-state index contributed by atoms with van der Waals surface area (Å²) >= 11 is 1.58. The van der Waals surface area contributed by atoms with Crippen LogP contribution in [0.15, 0.2) is 17.1 Å². The Bertz CT molecular complexity index is 783. The summed E-state index contributed by atoms with van der Waals surface area (Å²) in [5, 5.41) is 4.68. The summed E-state index contributed by atoms with van der Waals surface area (Å²) in [7, 11) is 1.18. The molecule has 1 aromatic heterocycles. The van der Waals surface area contributed by atoms with Crippen LogP contribution in [-0.2, 0) is 30.3 Å². The second-order valence-corrected chi connectivity index (χ2v) is 11.3. The number of aryl methyl sites for hydroxylation is 1. The summed E-state index contributed by atoms with van der Waals surface area (Å²) < 4.78 is 21.9. The van der Waals surface area contributed by atoms with Crippen LogP contribution in [0.1, 0.15) is 122 Å². The van der Waals surface area contributed by atoms with E-state index in [4.69, 9.17) is 14.2 Å². The number of carbonyl (C=O) groups is 3. The molecule has 0 spiro atoms. The molecule has 0 aliphatic carbocycles. The maximum absolute atomic E-state index is 12.0. The zero-order valence-electron chi connectivity index (χ0n) is 26.0. The summed E-state index contributed by atoms with van der Waals surface area (Å²) in [4.78, 5) is 35.6. The fraction of sp³-hybridized carbons (Fsp3) is 0.806. The van der Waals surface area contributed by atoms with E-state index < -0.39 is 24.3 Å². The monoisotopic (exact) mass is 726 g/mol. The lowest BCUT2D eigenvalue weighted by Gasteiger charge is -2.17. The molecule has 42 heavy (non-hydrogen) atoms. The maximum atomic E-state index is 12.0. The molecule has 0 radical (unpaired) electrons. The van der Waals surface area contributed by atoms with Crippen molar-refractivity contribution in [2.45, 2.75) is 135 Å². The van der Waals surface area contributed by atoms with Gasteiger partial charge in [-0.2, -0.15) is 4.57 Å². The largest absolute Gasteiger partial charge is 1.00 e. The van der Waals surface area contributed by atoms with Crippen molar-refractivity contribution < 1.29 is 61.9 Å². The molecular weight excluding hydrogens is 671 g/mol. The third-order valence-electron chi connectivity index (χ3n) is 6.88. The topological polar surface area (TPSA) is 104 Å². The highest BCUT2D eigenvalue weighted by atomic mass is 127. The highest BCUT2D eigenvalue weighted by molar-refractivity contribution is 7.07. The minimum atomic E-state index is -0.945. The van der Waals surface area contributed by atoms with Crippen LogP contribution < -0.4 is 33.9 Å². The third-order valence-corrected chi connectivity index (χ3v) is 7.56. The maximum Gasteiger partial charge on any atom is 0.508 e. The van der Waals surface area contributed by atoms with E-state index in [0.29, 0.717) is 19.5 Å². The van der Waals surface area contributed by atoms with Gasteiger partial charge in [-0.05, 0) is 6.42 Å². The normalized spacial score (nSPS) is 11.3. The Labute approximate surface area is 274 Å². The Morgan fingerprint density at radius 2 is 1.33 bits per heavy atom. The van der Waals surface area contributed by atoms with Crippen LogP contribution in [0.25, 0.3) is 0 Å². The van der Waals surface area contributed by atoms with Crippen molar-refractivity contribution in [2.75, 3.05) is 26.9 Å². The van der Waals surface area contributed by atoms with Gasteiger partial charge in [-0.1, -0.05) is 115 Å².